The third kappa shape index (κ3) is 4.45. The van der Waals surface area contributed by atoms with Gasteiger partial charge in [-0.05, 0) is 76.2 Å². The van der Waals surface area contributed by atoms with Crippen molar-refractivity contribution in [1.29, 1.82) is 0 Å². The normalized spacial score (nSPS) is 31.5. The van der Waals surface area contributed by atoms with Gasteiger partial charge in [-0.25, -0.2) is 4.39 Å². The van der Waals surface area contributed by atoms with E-state index in [2.05, 4.69) is 28.8 Å². The van der Waals surface area contributed by atoms with E-state index in [9.17, 15) is 14.3 Å². The lowest BCUT2D eigenvalue weighted by atomic mass is 9.68. The molecule has 178 valence electrons. The van der Waals surface area contributed by atoms with E-state index in [1.54, 1.807) is 25.1 Å². The molecule has 3 fully saturated rings. The van der Waals surface area contributed by atoms with Gasteiger partial charge in [0.1, 0.15) is 5.82 Å². The first-order chi connectivity index (χ1) is 15.2. The Morgan fingerprint density at radius 2 is 1.84 bits per heavy atom. The Labute approximate surface area is 192 Å². The van der Waals surface area contributed by atoms with E-state index in [0.717, 1.165) is 44.3 Å². The Morgan fingerprint density at radius 1 is 1.16 bits per heavy atom. The van der Waals surface area contributed by atoms with Gasteiger partial charge < -0.3 is 10.0 Å². The van der Waals surface area contributed by atoms with Gasteiger partial charge in [0, 0.05) is 51.2 Å². The average molecular weight is 447 g/mol. The van der Waals surface area contributed by atoms with Gasteiger partial charge >= 0.3 is 0 Å². The average Bonchev–Trinajstić information content (AvgIpc) is 3.54. The number of carbonyl (C=O) groups excluding carboxylic acids is 1. The highest BCUT2D eigenvalue weighted by Crippen LogP contribution is 2.50. The first-order valence-electron chi connectivity index (χ1n) is 12.0. The molecule has 1 atom stereocenters. The van der Waals surface area contributed by atoms with Crippen LogP contribution in [0, 0.1) is 11.7 Å². The fourth-order valence-electron chi connectivity index (χ4n) is 5.86. The third-order valence-corrected chi connectivity index (χ3v) is 8.20. The second-order valence-electron chi connectivity index (χ2n) is 10.6. The van der Waals surface area contributed by atoms with Crippen LogP contribution in [-0.4, -0.2) is 90.3 Å². The number of amides is 1. The van der Waals surface area contributed by atoms with Gasteiger partial charge in [0.25, 0.3) is 0 Å². The van der Waals surface area contributed by atoms with E-state index in [1.807, 2.05) is 12.1 Å². The highest BCUT2D eigenvalue weighted by molar-refractivity contribution is 5.75. The Morgan fingerprint density at radius 3 is 2.41 bits per heavy atom. The SMILES string of the molecule is CN(C)C(=O)CCN1C[C@]2(CC[C@](c3cccc(F)c3)(N(C)C)CC2)N(CC2CC2)C1O. The zero-order valence-corrected chi connectivity index (χ0v) is 20.1. The molecule has 1 spiro atoms. The number of rotatable bonds is 7. The van der Waals surface area contributed by atoms with Crippen LogP contribution in [0.3, 0.4) is 0 Å². The van der Waals surface area contributed by atoms with Crippen molar-refractivity contribution in [2.75, 3.05) is 47.8 Å². The van der Waals surface area contributed by atoms with Gasteiger partial charge in [-0.1, -0.05) is 12.1 Å². The second-order valence-corrected chi connectivity index (χ2v) is 10.6. The predicted octanol–water partition coefficient (Wildman–Crippen LogP) is 2.68. The summed E-state index contributed by atoms with van der Waals surface area (Å²) in [4.78, 5) is 20.4. The Bertz CT molecular complexity index is 818. The fourth-order valence-corrected chi connectivity index (χ4v) is 5.86. The minimum atomic E-state index is -0.633. The van der Waals surface area contributed by atoms with Crippen LogP contribution < -0.4 is 0 Å². The molecule has 32 heavy (non-hydrogen) atoms. The molecule has 1 amide bonds. The summed E-state index contributed by atoms with van der Waals surface area (Å²) in [5, 5.41) is 11.3. The van der Waals surface area contributed by atoms with Crippen molar-refractivity contribution in [1.82, 2.24) is 19.6 Å². The third-order valence-electron chi connectivity index (χ3n) is 8.20. The summed E-state index contributed by atoms with van der Waals surface area (Å²) in [6.07, 6.45) is 6.00. The van der Waals surface area contributed by atoms with Gasteiger partial charge in [0.05, 0.1) is 0 Å². The molecule has 2 saturated carbocycles. The zero-order valence-electron chi connectivity index (χ0n) is 20.1. The van der Waals surface area contributed by atoms with E-state index in [-0.39, 0.29) is 22.8 Å². The van der Waals surface area contributed by atoms with E-state index in [1.165, 1.54) is 18.9 Å². The lowest BCUT2D eigenvalue weighted by Crippen LogP contribution is -2.56. The molecule has 1 aromatic carbocycles. The van der Waals surface area contributed by atoms with Crippen LogP contribution >= 0.6 is 0 Å². The predicted molar refractivity (Wildman–Crippen MR) is 123 cm³/mol. The van der Waals surface area contributed by atoms with Gasteiger partial charge in [-0.3, -0.25) is 19.5 Å². The summed E-state index contributed by atoms with van der Waals surface area (Å²) < 4.78 is 14.1. The summed E-state index contributed by atoms with van der Waals surface area (Å²) in [5.41, 5.74) is 0.756. The molecule has 4 rings (SSSR count). The van der Waals surface area contributed by atoms with Crippen molar-refractivity contribution in [2.24, 2.45) is 5.92 Å². The van der Waals surface area contributed by atoms with Crippen LogP contribution in [0.15, 0.2) is 24.3 Å². The summed E-state index contributed by atoms with van der Waals surface area (Å²) in [6.45, 7) is 2.28. The number of halogens is 1. The summed E-state index contributed by atoms with van der Waals surface area (Å²) in [6, 6.07) is 7.05. The highest BCUT2D eigenvalue weighted by Gasteiger charge is 2.55. The molecule has 7 heteroatoms. The molecule has 0 radical (unpaired) electrons. The minimum absolute atomic E-state index is 0.0873. The van der Waals surface area contributed by atoms with E-state index >= 15 is 0 Å². The topological polar surface area (TPSA) is 50.3 Å². The minimum Gasteiger partial charge on any atom is -0.365 e. The van der Waals surface area contributed by atoms with Crippen LogP contribution in [0.2, 0.25) is 0 Å². The maximum absolute atomic E-state index is 14.1. The molecular formula is C25H39FN4O2. The second kappa shape index (κ2) is 9.01. The van der Waals surface area contributed by atoms with Crippen LogP contribution in [0.4, 0.5) is 4.39 Å². The molecule has 1 N–H and O–H groups in total. The van der Waals surface area contributed by atoms with E-state index in [0.29, 0.717) is 18.9 Å². The maximum Gasteiger partial charge on any atom is 0.223 e. The number of benzene rings is 1. The van der Waals surface area contributed by atoms with Crippen LogP contribution in [0.25, 0.3) is 0 Å². The number of nitrogens with zero attached hydrogens (tertiary/aromatic N) is 4. The monoisotopic (exact) mass is 446 g/mol. The summed E-state index contributed by atoms with van der Waals surface area (Å²) >= 11 is 0. The van der Waals surface area contributed by atoms with Crippen molar-refractivity contribution in [3.05, 3.63) is 35.6 Å². The molecular weight excluding hydrogens is 407 g/mol. The zero-order chi connectivity index (χ0) is 23.1. The maximum atomic E-state index is 14.1. The first-order valence-corrected chi connectivity index (χ1v) is 12.0. The van der Waals surface area contributed by atoms with Gasteiger partial charge in [-0.15, -0.1) is 0 Å². The van der Waals surface area contributed by atoms with Crippen LogP contribution in [-0.2, 0) is 10.3 Å². The Balaban J connectivity index is 1.54. The van der Waals surface area contributed by atoms with Crippen LogP contribution in [0.5, 0.6) is 0 Å². The quantitative estimate of drug-likeness (QED) is 0.698. The van der Waals surface area contributed by atoms with E-state index in [4.69, 9.17) is 0 Å². The molecule has 1 saturated heterocycles. The molecule has 3 aliphatic rings. The Kier molecular flexibility index (Phi) is 6.65. The molecule has 1 heterocycles. The Hall–Kier alpha value is -1.54. The first kappa shape index (κ1) is 23.6. The molecule has 1 unspecified atom stereocenters. The number of hydrogen-bond donors (Lipinski definition) is 1. The molecule has 0 bridgehead atoms. The van der Waals surface area contributed by atoms with Crippen molar-refractivity contribution in [3.8, 4) is 0 Å². The van der Waals surface area contributed by atoms with Gasteiger partial charge in [0.15, 0.2) is 6.35 Å². The van der Waals surface area contributed by atoms with Gasteiger partial charge in [-0.2, -0.15) is 0 Å². The van der Waals surface area contributed by atoms with Crippen molar-refractivity contribution in [3.63, 3.8) is 0 Å². The van der Waals surface area contributed by atoms with Crippen molar-refractivity contribution < 1.29 is 14.3 Å². The number of aliphatic hydroxyl groups is 1. The molecule has 1 aromatic rings. The molecule has 1 aliphatic heterocycles. The standard InChI is InChI=1S/C25H39FN4O2/c1-27(2)22(31)10-15-29-18-24(30(23(29)32)17-19-8-9-19)11-13-25(14-12-24,28(3)4)20-6-5-7-21(26)16-20/h5-7,16,19,23,32H,8-15,17-18H2,1-4H3/t23?,24-,25+. The summed E-state index contributed by atoms with van der Waals surface area (Å²) in [5.74, 6) is 0.578. The number of hydrogen-bond acceptors (Lipinski definition) is 5. The largest absolute Gasteiger partial charge is 0.365 e. The fraction of sp³-hybridized carbons (Fsp3) is 0.720. The van der Waals surface area contributed by atoms with E-state index < -0.39 is 6.35 Å². The molecule has 0 aromatic heterocycles. The molecule has 6 nitrogen and oxygen atoms in total. The lowest BCUT2D eigenvalue weighted by molar-refractivity contribution is -0.130. The highest BCUT2D eigenvalue weighted by atomic mass is 19.1. The lowest BCUT2D eigenvalue weighted by Gasteiger charge is -2.51. The molecule has 2 aliphatic carbocycles. The number of aliphatic hydroxyl groups excluding tert-OH is 1. The smallest absolute Gasteiger partial charge is 0.223 e. The summed E-state index contributed by atoms with van der Waals surface area (Å²) in [7, 11) is 7.73. The van der Waals surface area contributed by atoms with Crippen LogP contribution in [0.1, 0.15) is 50.5 Å². The van der Waals surface area contributed by atoms with Crippen molar-refractivity contribution >= 4 is 5.91 Å². The number of carbonyl (C=O) groups is 1. The van der Waals surface area contributed by atoms with Gasteiger partial charge in [0.2, 0.25) is 5.91 Å². The van der Waals surface area contributed by atoms with Crippen molar-refractivity contribution in [2.45, 2.75) is 62.4 Å².